The molecule has 0 aliphatic carbocycles. The van der Waals surface area contributed by atoms with Crippen molar-refractivity contribution in [1.29, 1.82) is 0 Å². The predicted molar refractivity (Wildman–Crippen MR) is 58.9 cm³/mol. The molecule has 0 bridgehead atoms. The summed E-state index contributed by atoms with van der Waals surface area (Å²) in [7, 11) is 1.66. The Bertz CT molecular complexity index is 341. The van der Waals surface area contributed by atoms with Crippen LogP contribution in [0.3, 0.4) is 0 Å². The molecule has 2 nitrogen and oxygen atoms in total. The Kier molecular flexibility index (Phi) is 4.73. The number of rotatable bonds is 4. The lowest BCUT2D eigenvalue weighted by Gasteiger charge is -2.17. The zero-order valence-electron chi connectivity index (χ0n) is 8.76. The van der Waals surface area contributed by atoms with E-state index in [0.717, 1.165) is 10.0 Å². The average molecular weight is 297 g/mol. The topological polar surface area (TPSA) is 16.1 Å². The number of aromatic nitrogens is 1. The Balaban J connectivity index is 2.43. The van der Waals surface area contributed by atoms with Crippen molar-refractivity contribution in [3.05, 3.63) is 28.5 Å². The molecule has 1 aromatic heterocycles. The Hall–Kier alpha value is -0.620. The van der Waals surface area contributed by atoms with Gasteiger partial charge in [0, 0.05) is 30.0 Å². The van der Waals surface area contributed by atoms with Crippen molar-refractivity contribution >= 4 is 15.9 Å². The van der Waals surface area contributed by atoms with E-state index in [1.54, 1.807) is 24.3 Å². The maximum absolute atomic E-state index is 12.0. The molecule has 0 saturated heterocycles. The van der Waals surface area contributed by atoms with Gasteiger partial charge in [0.05, 0.1) is 6.42 Å². The van der Waals surface area contributed by atoms with E-state index in [0.29, 0.717) is 6.54 Å². The van der Waals surface area contributed by atoms with E-state index >= 15 is 0 Å². The molecule has 0 saturated carbocycles. The molecule has 6 heteroatoms. The highest BCUT2D eigenvalue weighted by atomic mass is 79.9. The number of nitrogens with zero attached hydrogens (tertiary/aromatic N) is 2. The summed E-state index contributed by atoms with van der Waals surface area (Å²) in [6.45, 7) is 0.457. The monoisotopic (exact) mass is 296 g/mol. The van der Waals surface area contributed by atoms with E-state index in [4.69, 9.17) is 0 Å². The van der Waals surface area contributed by atoms with Crippen molar-refractivity contribution in [3.8, 4) is 0 Å². The highest BCUT2D eigenvalue weighted by molar-refractivity contribution is 9.10. The highest BCUT2D eigenvalue weighted by Gasteiger charge is 2.26. The molecule has 1 rings (SSSR count). The molecule has 0 aromatic carbocycles. The first-order chi connectivity index (χ1) is 7.37. The van der Waals surface area contributed by atoms with Crippen LogP contribution in [0.4, 0.5) is 13.2 Å². The molecule has 0 aliphatic heterocycles. The van der Waals surface area contributed by atoms with Gasteiger partial charge in [-0.3, -0.25) is 4.98 Å². The third-order valence-corrected chi connectivity index (χ3v) is 2.42. The van der Waals surface area contributed by atoms with E-state index < -0.39 is 12.6 Å². The fraction of sp³-hybridized carbons (Fsp3) is 0.500. The van der Waals surface area contributed by atoms with Crippen LogP contribution in [0.1, 0.15) is 12.0 Å². The van der Waals surface area contributed by atoms with Crippen molar-refractivity contribution in [3.63, 3.8) is 0 Å². The van der Waals surface area contributed by atoms with Gasteiger partial charge in [0.25, 0.3) is 0 Å². The van der Waals surface area contributed by atoms with Gasteiger partial charge in [-0.2, -0.15) is 13.2 Å². The minimum atomic E-state index is -4.09. The summed E-state index contributed by atoms with van der Waals surface area (Å²) >= 11 is 3.26. The van der Waals surface area contributed by atoms with Crippen LogP contribution in [0.5, 0.6) is 0 Å². The second kappa shape index (κ2) is 5.63. The molecule has 16 heavy (non-hydrogen) atoms. The lowest BCUT2D eigenvalue weighted by atomic mass is 10.2. The van der Waals surface area contributed by atoms with Crippen molar-refractivity contribution in [1.82, 2.24) is 9.88 Å². The van der Waals surface area contributed by atoms with Crippen molar-refractivity contribution in [2.45, 2.75) is 19.1 Å². The fourth-order valence-corrected chi connectivity index (χ4v) is 1.66. The molecule has 0 unspecified atom stereocenters. The summed E-state index contributed by atoms with van der Waals surface area (Å²) < 4.78 is 36.7. The number of hydrogen-bond acceptors (Lipinski definition) is 2. The van der Waals surface area contributed by atoms with Crippen LogP contribution in [0.25, 0.3) is 0 Å². The van der Waals surface area contributed by atoms with Gasteiger partial charge in [0.15, 0.2) is 0 Å². The number of hydrogen-bond donors (Lipinski definition) is 0. The van der Waals surface area contributed by atoms with Crippen LogP contribution >= 0.6 is 15.9 Å². The quantitative estimate of drug-likeness (QED) is 0.848. The average Bonchev–Trinajstić information content (AvgIpc) is 2.14. The Morgan fingerprint density at radius 2 is 2.06 bits per heavy atom. The molecule has 0 amide bonds. The first-order valence-corrected chi connectivity index (χ1v) is 5.51. The van der Waals surface area contributed by atoms with Gasteiger partial charge < -0.3 is 4.90 Å². The maximum atomic E-state index is 12.0. The summed E-state index contributed by atoms with van der Waals surface area (Å²) in [6.07, 6.45) is -1.59. The van der Waals surface area contributed by atoms with Crippen molar-refractivity contribution in [2.75, 3.05) is 13.6 Å². The zero-order valence-corrected chi connectivity index (χ0v) is 10.3. The normalized spacial score (nSPS) is 12.1. The fourth-order valence-electron chi connectivity index (χ4n) is 1.25. The summed E-state index contributed by atoms with van der Waals surface area (Å²) in [5, 5.41) is 0. The number of halogens is 4. The molecular weight excluding hydrogens is 285 g/mol. The van der Waals surface area contributed by atoms with Gasteiger partial charge in [0.1, 0.15) is 0 Å². The molecule has 1 aromatic rings. The van der Waals surface area contributed by atoms with Crippen molar-refractivity contribution in [2.24, 2.45) is 0 Å². The Labute approximate surface area is 101 Å². The second-order valence-electron chi connectivity index (χ2n) is 3.61. The largest absolute Gasteiger partial charge is 0.390 e. The molecule has 0 spiro atoms. The van der Waals surface area contributed by atoms with Gasteiger partial charge >= 0.3 is 6.18 Å². The first-order valence-electron chi connectivity index (χ1n) is 4.71. The van der Waals surface area contributed by atoms with E-state index in [1.165, 1.54) is 0 Å². The standard InChI is InChI=1S/C10H12BrF3N2/c1-16(3-2-10(12,13)14)7-8-4-9(11)6-15-5-8/h4-6H,2-3,7H2,1H3. The minimum absolute atomic E-state index is 0.00396. The Morgan fingerprint density at radius 3 is 2.62 bits per heavy atom. The zero-order chi connectivity index (χ0) is 12.2. The molecule has 0 fully saturated rings. The molecule has 0 aliphatic rings. The number of pyridine rings is 1. The summed E-state index contributed by atoms with van der Waals surface area (Å²) in [5.74, 6) is 0. The van der Waals surface area contributed by atoms with E-state index in [9.17, 15) is 13.2 Å². The van der Waals surface area contributed by atoms with E-state index in [-0.39, 0.29) is 6.54 Å². The molecule has 0 radical (unpaired) electrons. The molecule has 90 valence electrons. The van der Waals surface area contributed by atoms with Gasteiger partial charge in [-0.05, 0) is 34.6 Å². The van der Waals surface area contributed by atoms with Crippen molar-refractivity contribution < 1.29 is 13.2 Å². The second-order valence-corrected chi connectivity index (χ2v) is 4.53. The first kappa shape index (κ1) is 13.4. The third-order valence-electron chi connectivity index (χ3n) is 1.99. The summed E-state index contributed by atoms with van der Waals surface area (Å²) in [4.78, 5) is 5.57. The predicted octanol–water partition coefficient (Wildman–Crippen LogP) is 3.23. The molecular formula is C10H12BrF3N2. The third kappa shape index (κ3) is 5.46. The van der Waals surface area contributed by atoms with Crippen LogP contribution in [0, 0.1) is 0 Å². The lowest BCUT2D eigenvalue weighted by molar-refractivity contribution is -0.137. The molecule has 0 N–H and O–H groups in total. The SMILES string of the molecule is CN(CCC(F)(F)F)Cc1cncc(Br)c1. The van der Waals surface area contributed by atoms with Crippen LogP contribution in [-0.2, 0) is 6.54 Å². The van der Waals surface area contributed by atoms with E-state index in [1.807, 2.05) is 6.07 Å². The lowest BCUT2D eigenvalue weighted by Crippen LogP contribution is -2.24. The summed E-state index contributed by atoms with van der Waals surface area (Å²) in [5.41, 5.74) is 0.888. The smallest absolute Gasteiger partial charge is 0.302 e. The maximum Gasteiger partial charge on any atom is 0.390 e. The van der Waals surface area contributed by atoms with Gasteiger partial charge in [-0.15, -0.1) is 0 Å². The number of alkyl halides is 3. The highest BCUT2D eigenvalue weighted by Crippen LogP contribution is 2.20. The van der Waals surface area contributed by atoms with Gasteiger partial charge in [0.2, 0.25) is 0 Å². The van der Waals surface area contributed by atoms with Gasteiger partial charge in [-0.1, -0.05) is 0 Å². The molecule has 0 atom stereocenters. The van der Waals surface area contributed by atoms with Crippen LogP contribution < -0.4 is 0 Å². The Morgan fingerprint density at radius 1 is 1.38 bits per heavy atom. The van der Waals surface area contributed by atoms with Crippen LogP contribution in [0.15, 0.2) is 22.9 Å². The van der Waals surface area contributed by atoms with Crippen LogP contribution in [0.2, 0.25) is 0 Å². The van der Waals surface area contributed by atoms with E-state index in [2.05, 4.69) is 20.9 Å². The molecule has 1 heterocycles. The van der Waals surface area contributed by atoms with Crippen LogP contribution in [-0.4, -0.2) is 29.7 Å². The minimum Gasteiger partial charge on any atom is -0.302 e. The van der Waals surface area contributed by atoms with Gasteiger partial charge in [-0.25, -0.2) is 0 Å². The summed E-state index contributed by atoms with van der Waals surface area (Å²) in [6, 6.07) is 1.84.